The molecule has 2 aromatic carbocycles. The Morgan fingerprint density at radius 2 is 1.41 bits per heavy atom. The van der Waals surface area contributed by atoms with Crippen molar-refractivity contribution in [1.29, 1.82) is 0 Å². The number of benzene rings is 2. The minimum absolute atomic E-state index is 0.146. The van der Waals surface area contributed by atoms with Crippen LogP contribution >= 0.6 is 0 Å². The Balaban J connectivity index is 2.68. The molecule has 0 heteroatoms. The molecule has 1 atom stereocenters. The van der Waals surface area contributed by atoms with Gasteiger partial charge in [0, 0.05) is 5.92 Å². The molecule has 118 valence electrons. The molecule has 1 unspecified atom stereocenters. The summed E-state index contributed by atoms with van der Waals surface area (Å²) in [5, 5.41) is 0. The van der Waals surface area contributed by atoms with Crippen molar-refractivity contribution in [2.75, 3.05) is 0 Å². The summed E-state index contributed by atoms with van der Waals surface area (Å²) in [5.74, 6) is 0.397. The third-order valence-electron chi connectivity index (χ3n) is 5.53. The predicted molar refractivity (Wildman–Crippen MR) is 97.4 cm³/mol. The molecule has 0 heterocycles. The van der Waals surface area contributed by atoms with E-state index in [-0.39, 0.29) is 10.8 Å². The fourth-order valence-corrected chi connectivity index (χ4v) is 3.18. The van der Waals surface area contributed by atoms with Crippen LogP contribution in [-0.4, -0.2) is 0 Å². The smallest absolute Gasteiger partial charge is 0.0148 e. The molecule has 0 saturated carbocycles. The van der Waals surface area contributed by atoms with E-state index in [9.17, 15) is 0 Å². The molecular formula is C22H30. The Morgan fingerprint density at radius 1 is 0.773 bits per heavy atom. The Morgan fingerprint density at radius 3 is 1.95 bits per heavy atom. The fraction of sp³-hybridized carbons (Fsp3) is 0.455. The van der Waals surface area contributed by atoms with Crippen molar-refractivity contribution in [3.05, 3.63) is 70.8 Å². The van der Waals surface area contributed by atoms with E-state index in [1.54, 1.807) is 0 Å². The van der Waals surface area contributed by atoms with E-state index in [0.29, 0.717) is 5.92 Å². The summed E-state index contributed by atoms with van der Waals surface area (Å²) in [6.07, 6.45) is 0. The van der Waals surface area contributed by atoms with Crippen LogP contribution in [0.2, 0.25) is 0 Å². The minimum atomic E-state index is 0.146. The van der Waals surface area contributed by atoms with Gasteiger partial charge in [-0.25, -0.2) is 0 Å². The second-order valence-corrected chi connectivity index (χ2v) is 8.18. The van der Waals surface area contributed by atoms with Crippen molar-refractivity contribution in [2.45, 2.75) is 54.4 Å². The Bertz CT molecular complexity index is 641. The fourth-order valence-electron chi connectivity index (χ4n) is 3.18. The van der Waals surface area contributed by atoms with Crippen molar-refractivity contribution < 1.29 is 0 Å². The molecule has 0 aliphatic rings. The van der Waals surface area contributed by atoms with Crippen molar-refractivity contribution >= 4 is 0 Å². The molecule has 2 rings (SSSR count). The largest absolute Gasteiger partial charge is 0.0620 e. The van der Waals surface area contributed by atoms with Crippen LogP contribution in [0.3, 0.4) is 0 Å². The molecule has 0 fully saturated rings. The number of hydrogen-bond donors (Lipinski definition) is 0. The Kier molecular flexibility index (Phi) is 4.52. The lowest BCUT2D eigenvalue weighted by Gasteiger charge is -2.46. The zero-order valence-electron chi connectivity index (χ0n) is 15.2. The molecule has 0 aliphatic carbocycles. The first-order chi connectivity index (χ1) is 10.1. The molecule has 0 nitrogen and oxygen atoms in total. The number of aryl methyl sites for hydroxylation is 2. The van der Waals surface area contributed by atoms with Crippen LogP contribution in [0.1, 0.15) is 62.8 Å². The lowest BCUT2D eigenvalue weighted by Crippen LogP contribution is -2.36. The van der Waals surface area contributed by atoms with Crippen LogP contribution in [0.4, 0.5) is 0 Å². The minimum Gasteiger partial charge on any atom is -0.0620 e. The van der Waals surface area contributed by atoms with E-state index in [4.69, 9.17) is 0 Å². The SMILES string of the molecule is Cc1cccc(C(c2ccccc2C)C(C)(C)C(C)(C)C)c1. The highest BCUT2D eigenvalue weighted by Gasteiger charge is 2.41. The van der Waals surface area contributed by atoms with E-state index in [1.165, 1.54) is 22.3 Å². The van der Waals surface area contributed by atoms with Crippen LogP contribution in [-0.2, 0) is 0 Å². The maximum absolute atomic E-state index is 2.41. The molecular weight excluding hydrogens is 264 g/mol. The third-order valence-corrected chi connectivity index (χ3v) is 5.53. The van der Waals surface area contributed by atoms with Crippen LogP contribution in [0, 0.1) is 24.7 Å². The van der Waals surface area contributed by atoms with Gasteiger partial charge in [0.15, 0.2) is 0 Å². The van der Waals surface area contributed by atoms with E-state index in [1.807, 2.05) is 0 Å². The monoisotopic (exact) mass is 294 g/mol. The maximum Gasteiger partial charge on any atom is 0.0148 e. The number of hydrogen-bond acceptors (Lipinski definition) is 0. The molecule has 0 aromatic heterocycles. The second-order valence-electron chi connectivity index (χ2n) is 8.18. The second kappa shape index (κ2) is 5.91. The van der Waals surface area contributed by atoms with E-state index >= 15 is 0 Å². The van der Waals surface area contributed by atoms with Crippen LogP contribution < -0.4 is 0 Å². The van der Waals surface area contributed by atoms with Crippen LogP contribution in [0.25, 0.3) is 0 Å². The van der Waals surface area contributed by atoms with E-state index < -0.39 is 0 Å². The summed E-state index contributed by atoms with van der Waals surface area (Å²) >= 11 is 0. The Labute approximate surface area is 136 Å². The van der Waals surface area contributed by atoms with Crippen molar-refractivity contribution in [3.63, 3.8) is 0 Å². The van der Waals surface area contributed by atoms with Crippen molar-refractivity contribution in [1.82, 2.24) is 0 Å². The molecule has 0 N–H and O–H groups in total. The van der Waals surface area contributed by atoms with Gasteiger partial charge in [0.1, 0.15) is 0 Å². The van der Waals surface area contributed by atoms with Gasteiger partial charge in [-0.2, -0.15) is 0 Å². The molecule has 2 aromatic rings. The van der Waals surface area contributed by atoms with E-state index in [2.05, 4.69) is 97.0 Å². The highest BCUT2D eigenvalue weighted by molar-refractivity contribution is 5.41. The van der Waals surface area contributed by atoms with Gasteiger partial charge in [-0.1, -0.05) is 88.7 Å². The molecule has 0 radical (unpaired) electrons. The van der Waals surface area contributed by atoms with Crippen molar-refractivity contribution in [3.8, 4) is 0 Å². The topological polar surface area (TPSA) is 0 Å². The zero-order chi connectivity index (χ0) is 16.5. The summed E-state index contributed by atoms with van der Waals surface area (Å²) in [6.45, 7) is 16.3. The van der Waals surface area contributed by atoms with Gasteiger partial charge in [-0.05, 0) is 41.4 Å². The zero-order valence-corrected chi connectivity index (χ0v) is 15.2. The number of rotatable bonds is 3. The predicted octanol–water partition coefficient (Wildman–Crippen LogP) is 6.51. The average molecular weight is 294 g/mol. The van der Waals surface area contributed by atoms with Crippen LogP contribution in [0.5, 0.6) is 0 Å². The lowest BCUT2D eigenvalue weighted by atomic mass is 9.58. The molecule has 0 bridgehead atoms. The van der Waals surface area contributed by atoms with Crippen LogP contribution in [0.15, 0.2) is 48.5 Å². The molecule has 0 spiro atoms. The first-order valence-corrected chi connectivity index (χ1v) is 8.26. The summed E-state index contributed by atoms with van der Waals surface area (Å²) in [5.41, 5.74) is 5.95. The quantitative estimate of drug-likeness (QED) is 0.605. The van der Waals surface area contributed by atoms with Gasteiger partial charge in [0.2, 0.25) is 0 Å². The van der Waals surface area contributed by atoms with Gasteiger partial charge in [0.25, 0.3) is 0 Å². The normalized spacial score (nSPS) is 14.0. The highest BCUT2D eigenvalue weighted by Crippen LogP contribution is 2.52. The lowest BCUT2D eigenvalue weighted by molar-refractivity contribution is 0.110. The van der Waals surface area contributed by atoms with Gasteiger partial charge in [0.05, 0.1) is 0 Å². The van der Waals surface area contributed by atoms with Gasteiger partial charge >= 0.3 is 0 Å². The average Bonchev–Trinajstić information content (AvgIpc) is 2.40. The standard InChI is InChI=1S/C22H30/c1-16-11-10-13-18(15-16)20(22(6,7)21(3,4)5)19-14-9-8-12-17(19)2/h8-15,20H,1-7H3. The summed E-state index contributed by atoms with van der Waals surface area (Å²) in [7, 11) is 0. The van der Waals surface area contributed by atoms with E-state index in [0.717, 1.165) is 0 Å². The first-order valence-electron chi connectivity index (χ1n) is 8.26. The molecule has 0 amide bonds. The summed E-state index contributed by atoms with van der Waals surface area (Å²) in [4.78, 5) is 0. The highest BCUT2D eigenvalue weighted by atomic mass is 14.5. The van der Waals surface area contributed by atoms with Crippen molar-refractivity contribution in [2.24, 2.45) is 10.8 Å². The summed E-state index contributed by atoms with van der Waals surface area (Å²) in [6, 6.07) is 17.9. The Hall–Kier alpha value is -1.56. The summed E-state index contributed by atoms with van der Waals surface area (Å²) < 4.78 is 0. The molecule has 0 saturated heterocycles. The van der Waals surface area contributed by atoms with Gasteiger partial charge in [-0.15, -0.1) is 0 Å². The molecule has 0 aliphatic heterocycles. The third kappa shape index (κ3) is 3.11. The molecule has 22 heavy (non-hydrogen) atoms. The van der Waals surface area contributed by atoms with Gasteiger partial charge < -0.3 is 0 Å². The van der Waals surface area contributed by atoms with Gasteiger partial charge in [-0.3, -0.25) is 0 Å². The first kappa shape index (κ1) is 16.8. The maximum atomic E-state index is 2.41.